The molecular formula is C12H10N2O2. The number of benzene rings is 1. The van der Waals surface area contributed by atoms with Gasteiger partial charge in [0.15, 0.2) is 5.76 Å². The van der Waals surface area contributed by atoms with Crippen LogP contribution in [0.15, 0.2) is 41.0 Å². The first kappa shape index (κ1) is 9.03. The molecule has 3 rings (SSSR count). The maximum atomic E-state index is 5.34. The summed E-state index contributed by atoms with van der Waals surface area (Å²) in [6, 6.07) is 9.50. The average Bonchev–Trinajstić information content (AvgIpc) is 2.96. The molecular weight excluding hydrogens is 204 g/mol. The van der Waals surface area contributed by atoms with Gasteiger partial charge in [-0.2, -0.15) is 5.10 Å². The molecule has 0 spiro atoms. The van der Waals surface area contributed by atoms with Crippen LogP contribution in [0.25, 0.3) is 22.4 Å². The summed E-state index contributed by atoms with van der Waals surface area (Å²) in [5.41, 5.74) is 1.77. The smallest absolute Gasteiger partial charge is 0.154 e. The van der Waals surface area contributed by atoms with Crippen molar-refractivity contribution >= 4 is 10.9 Å². The first-order valence-electron chi connectivity index (χ1n) is 4.94. The highest BCUT2D eigenvalue weighted by molar-refractivity contribution is 5.92. The molecule has 0 unspecified atom stereocenters. The number of hydrogen-bond acceptors (Lipinski definition) is 3. The normalized spacial score (nSPS) is 10.8. The van der Waals surface area contributed by atoms with Gasteiger partial charge in [0.1, 0.15) is 11.4 Å². The first-order valence-corrected chi connectivity index (χ1v) is 4.94. The van der Waals surface area contributed by atoms with Crippen molar-refractivity contribution in [2.24, 2.45) is 0 Å². The average molecular weight is 214 g/mol. The summed E-state index contributed by atoms with van der Waals surface area (Å²) in [5.74, 6) is 1.56. The van der Waals surface area contributed by atoms with Crippen molar-refractivity contribution in [1.82, 2.24) is 10.2 Å². The van der Waals surface area contributed by atoms with Crippen molar-refractivity contribution < 1.29 is 9.15 Å². The number of hydrogen-bond donors (Lipinski definition) is 1. The van der Waals surface area contributed by atoms with E-state index in [2.05, 4.69) is 10.2 Å². The first-order chi connectivity index (χ1) is 7.88. The maximum Gasteiger partial charge on any atom is 0.154 e. The Morgan fingerprint density at radius 3 is 3.00 bits per heavy atom. The maximum absolute atomic E-state index is 5.34. The fourth-order valence-electron chi connectivity index (χ4n) is 1.72. The van der Waals surface area contributed by atoms with Crippen molar-refractivity contribution in [2.75, 3.05) is 7.11 Å². The Hall–Kier alpha value is -2.23. The second-order valence-electron chi connectivity index (χ2n) is 3.46. The van der Waals surface area contributed by atoms with Gasteiger partial charge in [0.2, 0.25) is 0 Å². The van der Waals surface area contributed by atoms with Crippen LogP contribution in [0.3, 0.4) is 0 Å². The molecule has 2 heterocycles. The van der Waals surface area contributed by atoms with Gasteiger partial charge in [-0.1, -0.05) is 0 Å². The lowest BCUT2D eigenvalue weighted by molar-refractivity contribution is 0.415. The highest BCUT2D eigenvalue weighted by Gasteiger charge is 2.10. The van der Waals surface area contributed by atoms with Gasteiger partial charge in [-0.25, -0.2) is 0 Å². The van der Waals surface area contributed by atoms with Crippen LogP contribution in [-0.2, 0) is 0 Å². The number of aromatic nitrogens is 2. The van der Waals surface area contributed by atoms with Gasteiger partial charge >= 0.3 is 0 Å². The molecule has 80 valence electrons. The van der Waals surface area contributed by atoms with E-state index in [-0.39, 0.29) is 0 Å². The summed E-state index contributed by atoms with van der Waals surface area (Å²) in [6.07, 6.45) is 1.63. The summed E-state index contributed by atoms with van der Waals surface area (Å²) >= 11 is 0. The van der Waals surface area contributed by atoms with E-state index >= 15 is 0 Å². The van der Waals surface area contributed by atoms with Crippen LogP contribution < -0.4 is 4.74 Å². The molecule has 2 aromatic heterocycles. The van der Waals surface area contributed by atoms with E-state index in [1.807, 2.05) is 30.3 Å². The standard InChI is InChI=1S/C12H10N2O2/c1-15-8-4-5-10-9(7-8)12(14-13-10)11-3-2-6-16-11/h2-7H,1H3,(H,13,14). The highest BCUT2D eigenvalue weighted by Crippen LogP contribution is 2.29. The van der Waals surface area contributed by atoms with Crippen LogP contribution in [0.5, 0.6) is 5.75 Å². The number of H-pyrrole nitrogens is 1. The lowest BCUT2D eigenvalue weighted by Crippen LogP contribution is -1.81. The fraction of sp³-hybridized carbons (Fsp3) is 0.0833. The van der Waals surface area contributed by atoms with Crippen molar-refractivity contribution in [3.8, 4) is 17.2 Å². The van der Waals surface area contributed by atoms with Crippen LogP contribution in [0, 0.1) is 0 Å². The van der Waals surface area contributed by atoms with Gasteiger partial charge in [-0.3, -0.25) is 5.10 Å². The largest absolute Gasteiger partial charge is 0.497 e. The third-order valence-corrected chi connectivity index (χ3v) is 2.52. The quantitative estimate of drug-likeness (QED) is 0.713. The predicted octanol–water partition coefficient (Wildman–Crippen LogP) is 2.83. The fourth-order valence-corrected chi connectivity index (χ4v) is 1.72. The van der Waals surface area contributed by atoms with Crippen molar-refractivity contribution in [3.05, 3.63) is 36.6 Å². The van der Waals surface area contributed by atoms with E-state index in [9.17, 15) is 0 Å². The number of nitrogens with zero attached hydrogens (tertiary/aromatic N) is 1. The molecule has 4 nitrogen and oxygen atoms in total. The summed E-state index contributed by atoms with van der Waals surface area (Å²) in [5, 5.41) is 8.20. The molecule has 0 fully saturated rings. The molecule has 0 aliphatic rings. The molecule has 1 aromatic carbocycles. The summed E-state index contributed by atoms with van der Waals surface area (Å²) in [4.78, 5) is 0. The van der Waals surface area contributed by atoms with E-state index < -0.39 is 0 Å². The molecule has 0 saturated carbocycles. The van der Waals surface area contributed by atoms with Crippen molar-refractivity contribution in [3.63, 3.8) is 0 Å². The van der Waals surface area contributed by atoms with Crippen LogP contribution >= 0.6 is 0 Å². The minimum Gasteiger partial charge on any atom is -0.497 e. The molecule has 0 aliphatic heterocycles. The zero-order chi connectivity index (χ0) is 11.0. The lowest BCUT2D eigenvalue weighted by Gasteiger charge is -1.98. The van der Waals surface area contributed by atoms with E-state index in [1.54, 1.807) is 13.4 Å². The van der Waals surface area contributed by atoms with Gasteiger partial charge in [0, 0.05) is 5.39 Å². The lowest BCUT2D eigenvalue weighted by atomic mass is 10.2. The van der Waals surface area contributed by atoms with Gasteiger partial charge in [-0.05, 0) is 30.3 Å². The van der Waals surface area contributed by atoms with Crippen LogP contribution in [-0.4, -0.2) is 17.3 Å². The van der Waals surface area contributed by atoms with Gasteiger partial charge in [0.05, 0.1) is 18.9 Å². The number of rotatable bonds is 2. The number of aromatic amines is 1. The molecule has 0 atom stereocenters. The Morgan fingerprint density at radius 1 is 1.31 bits per heavy atom. The molecule has 4 heteroatoms. The minimum absolute atomic E-state index is 0.750. The Bertz CT molecular complexity index is 611. The number of nitrogens with one attached hydrogen (secondary N) is 1. The zero-order valence-electron chi connectivity index (χ0n) is 8.73. The van der Waals surface area contributed by atoms with Gasteiger partial charge < -0.3 is 9.15 Å². The molecule has 0 radical (unpaired) electrons. The number of methoxy groups -OCH3 is 1. The topological polar surface area (TPSA) is 51.0 Å². The molecule has 16 heavy (non-hydrogen) atoms. The molecule has 0 saturated heterocycles. The highest BCUT2D eigenvalue weighted by atomic mass is 16.5. The van der Waals surface area contributed by atoms with E-state index in [0.717, 1.165) is 28.1 Å². The van der Waals surface area contributed by atoms with E-state index in [4.69, 9.17) is 9.15 Å². The van der Waals surface area contributed by atoms with Crippen molar-refractivity contribution in [1.29, 1.82) is 0 Å². The summed E-state index contributed by atoms with van der Waals surface area (Å²) < 4.78 is 10.5. The van der Waals surface area contributed by atoms with E-state index in [0.29, 0.717) is 0 Å². The van der Waals surface area contributed by atoms with E-state index in [1.165, 1.54) is 0 Å². The van der Waals surface area contributed by atoms with Gasteiger partial charge in [-0.15, -0.1) is 0 Å². The molecule has 0 amide bonds. The van der Waals surface area contributed by atoms with Crippen molar-refractivity contribution in [2.45, 2.75) is 0 Å². The van der Waals surface area contributed by atoms with Crippen LogP contribution in [0.1, 0.15) is 0 Å². The Morgan fingerprint density at radius 2 is 2.25 bits per heavy atom. The van der Waals surface area contributed by atoms with Gasteiger partial charge in [0.25, 0.3) is 0 Å². The molecule has 0 aliphatic carbocycles. The second-order valence-corrected chi connectivity index (χ2v) is 3.46. The Kier molecular flexibility index (Phi) is 1.93. The Balaban J connectivity index is 2.25. The number of ether oxygens (including phenoxy) is 1. The SMILES string of the molecule is COc1ccc2[nH]nc(-c3ccco3)c2c1. The zero-order valence-corrected chi connectivity index (χ0v) is 8.73. The monoisotopic (exact) mass is 214 g/mol. The second kappa shape index (κ2) is 3.41. The summed E-state index contributed by atoms with van der Waals surface area (Å²) in [7, 11) is 1.65. The Labute approximate surface area is 91.8 Å². The summed E-state index contributed by atoms with van der Waals surface area (Å²) in [6.45, 7) is 0. The number of furan rings is 1. The third kappa shape index (κ3) is 1.27. The van der Waals surface area contributed by atoms with Crippen LogP contribution in [0.4, 0.5) is 0 Å². The van der Waals surface area contributed by atoms with Crippen LogP contribution in [0.2, 0.25) is 0 Å². The minimum atomic E-state index is 0.750. The molecule has 1 N–H and O–H groups in total. The number of fused-ring (bicyclic) bond motifs is 1. The molecule has 3 aromatic rings. The molecule has 0 bridgehead atoms. The third-order valence-electron chi connectivity index (χ3n) is 2.52. The predicted molar refractivity (Wildman–Crippen MR) is 60.3 cm³/mol.